The normalized spacial score (nSPS) is 10.8. The molecule has 0 saturated carbocycles. The van der Waals surface area contributed by atoms with E-state index in [9.17, 15) is 0 Å². The first kappa shape index (κ1) is 16.6. The van der Waals surface area contributed by atoms with Crippen molar-refractivity contribution < 1.29 is 0 Å². The first-order chi connectivity index (χ1) is 12.7. The molecule has 0 aliphatic rings. The topological polar surface area (TPSA) is 37.8 Å². The predicted octanol–water partition coefficient (Wildman–Crippen LogP) is 5.87. The van der Waals surface area contributed by atoms with Gasteiger partial charge in [0.1, 0.15) is 5.82 Å². The molecule has 0 radical (unpaired) electrons. The first-order valence-corrected chi connectivity index (χ1v) is 8.89. The molecule has 128 valence electrons. The Labute approximate surface area is 157 Å². The average Bonchev–Trinajstić information content (AvgIpc) is 2.67. The monoisotopic (exact) mass is 359 g/mol. The van der Waals surface area contributed by atoms with E-state index in [1.54, 1.807) is 0 Å². The molecule has 0 saturated heterocycles. The molecular weight excluding hydrogens is 342 g/mol. The van der Waals surface area contributed by atoms with Crippen molar-refractivity contribution in [3.63, 3.8) is 0 Å². The third-order valence-corrected chi connectivity index (χ3v) is 4.69. The van der Waals surface area contributed by atoms with Gasteiger partial charge < -0.3 is 5.32 Å². The van der Waals surface area contributed by atoms with Crippen LogP contribution in [0.1, 0.15) is 11.1 Å². The van der Waals surface area contributed by atoms with Crippen LogP contribution in [-0.2, 0) is 6.54 Å². The maximum Gasteiger partial charge on any atom is 0.162 e. The Kier molecular flexibility index (Phi) is 4.55. The van der Waals surface area contributed by atoms with E-state index in [1.807, 2.05) is 48.5 Å². The summed E-state index contributed by atoms with van der Waals surface area (Å²) in [5.74, 6) is 1.52. The molecule has 0 unspecified atom stereocenters. The highest BCUT2D eigenvalue weighted by Crippen LogP contribution is 2.26. The molecule has 0 bridgehead atoms. The molecule has 4 rings (SSSR count). The van der Waals surface area contributed by atoms with Gasteiger partial charge in [-0.05, 0) is 30.7 Å². The Morgan fingerprint density at radius 3 is 2.38 bits per heavy atom. The van der Waals surface area contributed by atoms with Crippen molar-refractivity contribution in [2.75, 3.05) is 5.32 Å². The van der Waals surface area contributed by atoms with Crippen LogP contribution in [0.2, 0.25) is 5.02 Å². The van der Waals surface area contributed by atoms with Crippen LogP contribution in [-0.4, -0.2) is 9.97 Å². The highest BCUT2D eigenvalue weighted by atomic mass is 35.5. The van der Waals surface area contributed by atoms with Crippen LogP contribution in [0.5, 0.6) is 0 Å². The summed E-state index contributed by atoms with van der Waals surface area (Å²) < 4.78 is 0. The third-order valence-electron chi connectivity index (χ3n) is 4.32. The van der Waals surface area contributed by atoms with Gasteiger partial charge in [-0.3, -0.25) is 0 Å². The van der Waals surface area contributed by atoms with Gasteiger partial charge in [0.2, 0.25) is 0 Å². The van der Waals surface area contributed by atoms with Gasteiger partial charge >= 0.3 is 0 Å². The minimum Gasteiger partial charge on any atom is -0.365 e. The molecule has 26 heavy (non-hydrogen) atoms. The molecular formula is C22H18ClN3. The maximum atomic E-state index is 6.28. The lowest BCUT2D eigenvalue weighted by Gasteiger charge is -2.12. The average molecular weight is 360 g/mol. The summed E-state index contributed by atoms with van der Waals surface area (Å²) in [6.45, 7) is 2.68. The molecule has 1 heterocycles. The number of benzene rings is 3. The van der Waals surface area contributed by atoms with Crippen molar-refractivity contribution in [1.29, 1.82) is 0 Å². The van der Waals surface area contributed by atoms with Gasteiger partial charge in [0.15, 0.2) is 5.82 Å². The van der Waals surface area contributed by atoms with E-state index >= 15 is 0 Å². The van der Waals surface area contributed by atoms with Crippen LogP contribution in [0.4, 0.5) is 5.82 Å². The van der Waals surface area contributed by atoms with Crippen molar-refractivity contribution >= 4 is 28.3 Å². The number of hydrogen-bond acceptors (Lipinski definition) is 3. The van der Waals surface area contributed by atoms with E-state index in [0.717, 1.165) is 32.9 Å². The number of aromatic nitrogens is 2. The minimum atomic E-state index is 0.605. The van der Waals surface area contributed by atoms with Gasteiger partial charge in [0, 0.05) is 22.5 Å². The molecule has 4 heteroatoms. The Hall–Kier alpha value is -2.91. The van der Waals surface area contributed by atoms with Gasteiger partial charge in [-0.15, -0.1) is 0 Å². The summed E-state index contributed by atoms with van der Waals surface area (Å²) in [7, 11) is 0. The highest BCUT2D eigenvalue weighted by Gasteiger charge is 2.10. The molecule has 3 aromatic carbocycles. The van der Waals surface area contributed by atoms with Gasteiger partial charge in [-0.25, -0.2) is 9.97 Å². The van der Waals surface area contributed by atoms with Crippen LogP contribution >= 0.6 is 11.6 Å². The molecule has 0 aliphatic heterocycles. The first-order valence-electron chi connectivity index (χ1n) is 8.52. The Bertz CT molecular complexity index is 1060. The van der Waals surface area contributed by atoms with Crippen LogP contribution in [0.3, 0.4) is 0 Å². The molecule has 1 N–H and O–H groups in total. The van der Waals surface area contributed by atoms with E-state index in [0.29, 0.717) is 12.4 Å². The van der Waals surface area contributed by atoms with Gasteiger partial charge in [-0.1, -0.05) is 71.8 Å². The zero-order chi connectivity index (χ0) is 17.9. The lowest BCUT2D eigenvalue weighted by molar-refractivity contribution is 1.11. The number of aryl methyl sites for hydroxylation is 1. The largest absolute Gasteiger partial charge is 0.365 e. The number of hydrogen-bond donors (Lipinski definition) is 1. The van der Waals surface area contributed by atoms with E-state index in [1.165, 1.54) is 5.56 Å². The fourth-order valence-corrected chi connectivity index (χ4v) is 3.07. The van der Waals surface area contributed by atoms with Crippen molar-refractivity contribution in [3.8, 4) is 11.4 Å². The SMILES string of the molecule is Cc1ccc(-c2nc(NCc3ccccc3Cl)c3ccccc3n2)cc1. The second-order valence-electron chi connectivity index (χ2n) is 6.22. The van der Waals surface area contributed by atoms with E-state index in [4.69, 9.17) is 21.6 Å². The number of halogens is 1. The van der Waals surface area contributed by atoms with E-state index < -0.39 is 0 Å². The molecule has 0 amide bonds. The zero-order valence-electron chi connectivity index (χ0n) is 14.4. The summed E-state index contributed by atoms with van der Waals surface area (Å²) in [6.07, 6.45) is 0. The predicted molar refractivity (Wildman–Crippen MR) is 108 cm³/mol. The lowest BCUT2D eigenvalue weighted by atomic mass is 10.1. The fraction of sp³-hybridized carbons (Fsp3) is 0.0909. The molecule has 0 atom stereocenters. The van der Waals surface area contributed by atoms with Crippen molar-refractivity contribution in [3.05, 3.63) is 88.9 Å². The summed E-state index contributed by atoms with van der Waals surface area (Å²) in [5, 5.41) is 5.17. The number of fused-ring (bicyclic) bond motifs is 1. The van der Waals surface area contributed by atoms with Gasteiger partial charge in [0.05, 0.1) is 5.52 Å². The molecule has 4 aromatic rings. The second-order valence-corrected chi connectivity index (χ2v) is 6.63. The number of anilines is 1. The lowest BCUT2D eigenvalue weighted by Crippen LogP contribution is -2.04. The van der Waals surface area contributed by atoms with Crippen LogP contribution in [0.25, 0.3) is 22.3 Å². The molecule has 3 nitrogen and oxygen atoms in total. The van der Waals surface area contributed by atoms with Crippen LogP contribution < -0.4 is 5.32 Å². The molecule has 1 aromatic heterocycles. The van der Waals surface area contributed by atoms with Gasteiger partial charge in [0.25, 0.3) is 0 Å². The van der Waals surface area contributed by atoms with Crippen LogP contribution in [0.15, 0.2) is 72.8 Å². The Morgan fingerprint density at radius 1 is 0.846 bits per heavy atom. The standard InChI is InChI=1S/C22H18ClN3/c1-15-10-12-16(13-11-15)21-25-20-9-5-3-7-18(20)22(26-21)24-14-17-6-2-4-8-19(17)23/h2-13H,14H2,1H3,(H,24,25,26). The summed E-state index contributed by atoms with van der Waals surface area (Å²) >= 11 is 6.28. The molecule has 0 spiro atoms. The van der Waals surface area contributed by atoms with Crippen molar-refractivity contribution in [1.82, 2.24) is 9.97 Å². The second kappa shape index (κ2) is 7.14. The van der Waals surface area contributed by atoms with E-state index in [-0.39, 0.29) is 0 Å². The minimum absolute atomic E-state index is 0.605. The van der Waals surface area contributed by atoms with Crippen LogP contribution in [0, 0.1) is 6.92 Å². The molecule has 0 aliphatic carbocycles. The summed E-state index contributed by atoms with van der Waals surface area (Å²) in [5.41, 5.74) is 4.17. The number of para-hydroxylation sites is 1. The quantitative estimate of drug-likeness (QED) is 0.495. The maximum absolute atomic E-state index is 6.28. The smallest absolute Gasteiger partial charge is 0.162 e. The van der Waals surface area contributed by atoms with Crippen molar-refractivity contribution in [2.45, 2.75) is 13.5 Å². The summed E-state index contributed by atoms with van der Waals surface area (Å²) in [6, 6.07) is 24.1. The fourth-order valence-electron chi connectivity index (χ4n) is 2.86. The number of nitrogens with one attached hydrogen (secondary N) is 1. The molecule has 0 fully saturated rings. The van der Waals surface area contributed by atoms with Crippen molar-refractivity contribution in [2.24, 2.45) is 0 Å². The summed E-state index contributed by atoms with van der Waals surface area (Å²) in [4.78, 5) is 9.51. The third kappa shape index (κ3) is 3.39. The number of rotatable bonds is 4. The zero-order valence-corrected chi connectivity index (χ0v) is 15.2. The highest BCUT2D eigenvalue weighted by molar-refractivity contribution is 6.31. The van der Waals surface area contributed by atoms with E-state index in [2.05, 4.69) is 36.5 Å². The number of nitrogens with zero attached hydrogens (tertiary/aromatic N) is 2. The van der Waals surface area contributed by atoms with Gasteiger partial charge in [-0.2, -0.15) is 0 Å². The Balaban J connectivity index is 1.75. The Morgan fingerprint density at radius 2 is 1.58 bits per heavy atom.